The highest BCUT2D eigenvalue weighted by atomic mass is 35.5. The van der Waals surface area contributed by atoms with E-state index in [0.717, 1.165) is 6.42 Å². The number of halogens is 3. The molecule has 1 rings (SSSR count). The van der Waals surface area contributed by atoms with E-state index in [9.17, 15) is 0 Å². The molecule has 0 spiro atoms. The van der Waals surface area contributed by atoms with Crippen molar-refractivity contribution in [2.45, 2.75) is 31.1 Å². The molecule has 4 heteroatoms. The molecule has 0 radical (unpaired) electrons. The van der Waals surface area contributed by atoms with Crippen LogP contribution >= 0.6 is 35.6 Å². The molecule has 0 heterocycles. The van der Waals surface area contributed by atoms with Crippen LogP contribution in [0.4, 0.5) is 0 Å². The number of rotatable bonds is 3. The third-order valence-electron chi connectivity index (χ3n) is 1.88. The van der Waals surface area contributed by atoms with E-state index in [0.29, 0.717) is 6.04 Å². The Morgan fingerprint density at radius 2 is 1.56 bits per heavy atom. The third-order valence-corrected chi connectivity index (χ3v) is 1.88. The third kappa shape index (κ3) is 12.1. The van der Waals surface area contributed by atoms with Crippen molar-refractivity contribution in [3.05, 3.63) is 35.9 Å². The molecule has 1 nitrogen and oxygen atoms in total. The zero-order valence-electron chi connectivity index (χ0n) is 9.91. The lowest BCUT2D eigenvalue weighted by Gasteiger charge is -2.08. The number of hydrogen-bond acceptors (Lipinski definition) is 1. The second-order valence-corrected chi connectivity index (χ2v) is 4.93. The van der Waals surface area contributed by atoms with Gasteiger partial charge in [-0.3, -0.25) is 0 Å². The van der Waals surface area contributed by atoms with E-state index in [1.807, 2.05) is 13.1 Å². The normalized spacial score (nSPS) is 11.1. The summed E-state index contributed by atoms with van der Waals surface area (Å²) in [6, 6.07) is 11.1. The van der Waals surface area contributed by atoms with Gasteiger partial charge in [-0.25, -0.2) is 0 Å². The summed E-state index contributed by atoms with van der Waals surface area (Å²) in [6.07, 6.45) is 1.11. The molecule has 0 aliphatic heterocycles. The van der Waals surface area contributed by atoms with Gasteiger partial charge in [-0.2, -0.15) is 0 Å². The van der Waals surface area contributed by atoms with Gasteiger partial charge in [0.2, 0.25) is 0 Å². The number of benzene rings is 1. The van der Waals surface area contributed by atoms with Crippen molar-refractivity contribution in [2.75, 3.05) is 7.05 Å². The van der Waals surface area contributed by atoms with E-state index in [1.54, 1.807) is 6.92 Å². The molecule has 0 aliphatic carbocycles. The van der Waals surface area contributed by atoms with Crippen LogP contribution in [0.1, 0.15) is 19.4 Å². The SMILES string of the molecule is CC(Cl)Cl.CN[C@@H](C)Cc1ccccc1.Cl. The molecule has 0 fully saturated rings. The lowest BCUT2D eigenvalue weighted by Crippen LogP contribution is -2.23. The van der Waals surface area contributed by atoms with Crippen molar-refractivity contribution in [3.63, 3.8) is 0 Å². The van der Waals surface area contributed by atoms with Crippen molar-refractivity contribution in [1.82, 2.24) is 5.32 Å². The topological polar surface area (TPSA) is 12.0 Å². The van der Waals surface area contributed by atoms with Crippen molar-refractivity contribution < 1.29 is 0 Å². The lowest BCUT2D eigenvalue weighted by atomic mass is 10.1. The Morgan fingerprint density at radius 1 is 1.12 bits per heavy atom. The molecule has 0 saturated heterocycles. The van der Waals surface area contributed by atoms with E-state index in [4.69, 9.17) is 23.2 Å². The predicted octanol–water partition coefficient (Wildman–Crippen LogP) is 4.07. The van der Waals surface area contributed by atoms with Crippen LogP contribution in [0.3, 0.4) is 0 Å². The molecule has 0 unspecified atom stereocenters. The van der Waals surface area contributed by atoms with Gasteiger partial charge in [0.15, 0.2) is 0 Å². The summed E-state index contributed by atoms with van der Waals surface area (Å²) in [5.74, 6) is 0. The largest absolute Gasteiger partial charge is 0.317 e. The highest BCUT2D eigenvalue weighted by molar-refractivity contribution is 6.43. The Bertz CT molecular complexity index is 237. The second kappa shape index (κ2) is 11.5. The van der Waals surface area contributed by atoms with Crippen LogP contribution in [0, 0.1) is 0 Å². The first-order valence-corrected chi connectivity index (χ1v) is 5.93. The molecule has 1 atom stereocenters. The van der Waals surface area contributed by atoms with Crippen LogP contribution in [0.5, 0.6) is 0 Å². The van der Waals surface area contributed by atoms with E-state index >= 15 is 0 Å². The maximum atomic E-state index is 5.04. The van der Waals surface area contributed by atoms with Crippen LogP contribution in [0.25, 0.3) is 0 Å². The minimum atomic E-state index is -0.222. The zero-order chi connectivity index (χ0) is 11.7. The first-order chi connectivity index (χ1) is 7.06. The van der Waals surface area contributed by atoms with Crippen LogP contribution in [-0.2, 0) is 6.42 Å². The monoisotopic (exact) mass is 283 g/mol. The van der Waals surface area contributed by atoms with Crippen molar-refractivity contribution in [1.29, 1.82) is 0 Å². The van der Waals surface area contributed by atoms with Crippen molar-refractivity contribution in [2.24, 2.45) is 0 Å². The number of hydrogen-bond donors (Lipinski definition) is 1. The number of nitrogens with one attached hydrogen (secondary N) is 1. The van der Waals surface area contributed by atoms with Gasteiger partial charge >= 0.3 is 0 Å². The van der Waals surface area contributed by atoms with Gasteiger partial charge in [0.25, 0.3) is 0 Å². The fourth-order valence-electron chi connectivity index (χ4n) is 1.07. The highest BCUT2D eigenvalue weighted by Gasteiger charge is 1.97. The van der Waals surface area contributed by atoms with E-state index in [1.165, 1.54) is 5.56 Å². The average molecular weight is 285 g/mol. The molecule has 16 heavy (non-hydrogen) atoms. The second-order valence-electron chi connectivity index (χ2n) is 3.40. The van der Waals surface area contributed by atoms with Gasteiger partial charge in [-0.05, 0) is 32.9 Å². The van der Waals surface area contributed by atoms with E-state index in [-0.39, 0.29) is 17.2 Å². The average Bonchev–Trinajstić information content (AvgIpc) is 2.18. The van der Waals surface area contributed by atoms with Gasteiger partial charge in [0.1, 0.15) is 4.84 Å². The number of likely N-dealkylation sites (N-methyl/N-ethyl adjacent to an activating group) is 1. The fraction of sp³-hybridized carbons (Fsp3) is 0.500. The minimum Gasteiger partial charge on any atom is -0.317 e. The van der Waals surface area contributed by atoms with Gasteiger partial charge in [-0.15, -0.1) is 35.6 Å². The molecule has 0 bridgehead atoms. The predicted molar refractivity (Wildman–Crippen MR) is 77.1 cm³/mol. The lowest BCUT2D eigenvalue weighted by molar-refractivity contribution is 0.608. The molecule has 0 saturated carbocycles. The standard InChI is InChI=1S/C10H15N.C2H4Cl2.ClH/c1-9(11-2)8-10-6-4-3-5-7-10;1-2(3)4;/h3-7,9,11H,8H2,1-2H3;2H,1H3;1H/t9-;;/m0../s1. The maximum absolute atomic E-state index is 5.04. The summed E-state index contributed by atoms with van der Waals surface area (Å²) in [7, 11) is 1.99. The molecule has 94 valence electrons. The van der Waals surface area contributed by atoms with Crippen molar-refractivity contribution >= 4 is 35.6 Å². The molecular formula is C12H20Cl3N. The Labute approximate surface area is 115 Å². The summed E-state index contributed by atoms with van der Waals surface area (Å²) < 4.78 is 0. The van der Waals surface area contributed by atoms with Crippen LogP contribution in [-0.4, -0.2) is 17.9 Å². The summed E-state index contributed by atoms with van der Waals surface area (Å²) in [5.41, 5.74) is 1.40. The smallest absolute Gasteiger partial charge is 0.105 e. The Kier molecular flexibility index (Phi) is 13.3. The molecule has 1 aromatic carbocycles. The summed E-state index contributed by atoms with van der Waals surface area (Å²) in [4.78, 5) is -0.222. The van der Waals surface area contributed by atoms with Gasteiger partial charge < -0.3 is 5.32 Å². The fourth-order valence-corrected chi connectivity index (χ4v) is 1.07. The molecule has 1 aromatic rings. The van der Waals surface area contributed by atoms with Gasteiger partial charge in [0.05, 0.1) is 0 Å². The first kappa shape index (κ1) is 18.4. The zero-order valence-corrected chi connectivity index (χ0v) is 12.2. The van der Waals surface area contributed by atoms with Crippen LogP contribution in [0.2, 0.25) is 0 Å². The molecular weight excluding hydrogens is 264 g/mol. The Balaban J connectivity index is 0. The molecule has 1 N–H and O–H groups in total. The highest BCUT2D eigenvalue weighted by Crippen LogP contribution is 2.01. The minimum absolute atomic E-state index is 0. The van der Waals surface area contributed by atoms with Crippen LogP contribution < -0.4 is 5.32 Å². The van der Waals surface area contributed by atoms with E-state index < -0.39 is 0 Å². The van der Waals surface area contributed by atoms with Gasteiger partial charge in [0, 0.05) is 6.04 Å². The summed E-state index contributed by atoms with van der Waals surface area (Å²) in [5, 5.41) is 3.21. The van der Waals surface area contributed by atoms with Gasteiger partial charge in [-0.1, -0.05) is 30.3 Å². The molecule has 0 aromatic heterocycles. The van der Waals surface area contributed by atoms with E-state index in [2.05, 4.69) is 36.5 Å². The maximum Gasteiger partial charge on any atom is 0.105 e. The molecule has 0 amide bonds. The van der Waals surface area contributed by atoms with Crippen molar-refractivity contribution in [3.8, 4) is 0 Å². The number of alkyl halides is 2. The molecule has 0 aliphatic rings. The Morgan fingerprint density at radius 3 is 1.94 bits per heavy atom. The van der Waals surface area contributed by atoms with Crippen LogP contribution in [0.15, 0.2) is 30.3 Å². The first-order valence-electron chi connectivity index (χ1n) is 5.05. The summed E-state index contributed by atoms with van der Waals surface area (Å²) in [6.45, 7) is 3.89. The quantitative estimate of drug-likeness (QED) is 0.825. The summed E-state index contributed by atoms with van der Waals surface area (Å²) >= 11 is 10.1. The Hall–Kier alpha value is 0.0500.